The summed E-state index contributed by atoms with van der Waals surface area (Å²) in [6, 6.07) is 1.58. The van der Waals surface area contributed by atoms with E-state index in [9.17, 15) is 9.90 Å². The third kappa shape index (κ3) is 4.94. The maximum absolute atomic E-state index is 12.0. The predicted molar refractivity (Wildman–Crippen MR) is 81.2 cm³/mol. The van der Waals surface area contributed by atoms with E-state index in [0.717, 1.165) is 31.7 Å². The molecule has 0 aliphatic rings. The van der Waals surface area contributed by atoms with Gasteiger partial charge in [0, 0.05) is 25.7 Å². The Kier molecular flexibility index (Phi) is 7.25. The third-order valence-electron chi connectivity index (χ3n) is 3.17. The van der Waals surface area contributed by atoms with Crippen molar-refractivity contribution in [3.05, 3.63) is 22.6 Å². The second kappa shape index (κ2) is 8.71. The summed E-state index contributed by atoms with van der Waals surface area (Å²) < 4.78 is 1.31. The summed E-state index contributed by atoms with van der Waals surface area (Å²) in [6.45, 7) is 9.37. The normalized spacial score (nSPS) is 12.4. The quantitative estimate of drug-likeness (QED) is 0.644. The van der Waals surface area contributed by atoms with E-state index in [-0.39, 0.29) is 12.1 Å². The fourth-order valence-electron chi connectivity index (χ4n) is 2.03. The number of nitrogens with one attached hydrogen (secondary N) is 1. The Morgan fingerprint density at radius 3 is 2.65 bits per heavy atom. The lowest BCUT2D eigenvalue weighted by atomic mass is 10.3. The fourth-order valence-corrected chi connectivity index (χ4v) is 2.03. The van der Waals surface area contributed by atoms with Crippen LogP contribution in [0.3, 0.4) is 0 Å². The Morgan fingerprint density at radius 2 is 2.10 bits per heavy atom. The summed E-state index contributed by atoms with van der Waals surface area (Å²) >= 11 is 0. The van der Waals surface area contributed by atoms with Crippen LogP contribution in [0.2, 0.25) is 0 Å². The van der Waals surface area contributed by atoms with Crippen LogP contribution in [0, 0.1) is 0 Å². The molecule has 0 aliphatic heterocycles. The van der Waals surface area contributed by atoms with Crippen LogP contribution in [0.25, 0.3) is 0 Å². The standard InChI is InChI=1S/C14H26N4O2/c1-4-7-15-10-13(19)11-18-14(20)8-12(9-16-18)17(5-2)6-3/h8-9,13,15,19H,4-7,10-11H2,1-3H3. The van der Waals surface area contributed by atoms with Gasteiger partial charge in [-0.3, -0.25) is 4.79 Å². The fraction of sp³-hybridized carbons (Fsp3) is 0.714. The summed E-state index contributed by atoms with van der Waals surface area (Å²) in [7, 11) is 0. The van der Waals surface area contributed by atoms with Gasteiger partial charge in [-0.05, 0) is 26.8 Å². The first-order valence-corrected chi connectivity index (χ1v) is 7.33. The van der Waals surface area contributed by atoms with Crippen molar-refractivity contribution < 1.29 is 5.11 Å². The van der Waals surface area contributed by atoms with Crippen LogP contribution >= 0.6 is 0 Å². The van der Waals surface area contributed by atoms with Crippen LogP contribution in [0.1, 0.15) is 27.2 Å². The van der Waals surface area contributed by atoms with Gasteiger partial charge < -0.3 is 15.3 Å². The van der Waals surface area contributed by atoms with E-state index >= 15 is 0 Å². The SMILES string of the molecule is CCCNCC(O)Cn1ncc(N(CC)CC)cc1=O. The maximum Gasteiger partial charge on any atom is 0.268 e. The average molecular weight is 282 g/mol. The molecule has 6 nitrogen and oxygen atoms in total. The van der Waals surface area contributed by atoms with Crippen LogP contribution in [-0.4, -0.2) is 47.2 Å². The van der Waals surface area contributed by atoms with Crippen molar-refractivity contribution in [2.24, 2.45) is 0 Å². The zero-order valence-corrected chi connectivity index (χ0v) is 12.7. The van der Waals surface area contributed by atoms with E-state index in [1.54, 1.807) is 12.3 Å². The molecule has 1 heterocycles. The average Bonchev–Trinajstić information content (AvgIpc) is 2.43. The van der Waals surface area contributed by atoms with Crippen molar-refractivity contribution in [3.8, 4) is 0 Å². The first-order valence-electron chi connectivity index (χ1n) is 7.33. The molecule has 114 valence electrons. The van der Waals surface area contributed by atoms with Gasteiger partial charge in [0.05, 0.1) is 24.5 Å². The lowest BCUT2D eigenvalue weighted by Gasteiger charge is -2.20. The van der Waals surface area contributed by atoms with Crippen LogP contribution in [-0.2, 0) is 6.54 Å². The minimum Gasteiger partial charge on any atom is -0.390 e. The minimum absolute atomic E-state index is 0.177. The predicted octanol–water partition coefficient (Wildman–Crippen LogP) is 0.450. The van der Waals surface area contributed by atoms with E-state index in [0.29, 0.717) is 6.54 Å². The molecule has 0 aliphatic carbocycles. The Hall–Kier alpha value is -1.40. The van der Waals surface area contributed by atoms with E-state index in [1.165, 1.54) is 4.68 Å². The van der Waals surface area contributed by atoms with Gasteiger partial charge in [-0.2, -0.15) is 5.10 Å². The van der Waals surface area contributed by atoms with Gasteiger partial charge in [0.1, 0.15) is 0 Å². The zero-order valence-electron chi connectivity index (χ0n) is 12.7. The molecule has 0 fully saturated rings. The van der Waals surface area contributed by atoms with Gasteiger partial charge in [0.25, 0.3) is 5.56 Å². The lowest BCUT2D eigenvalue weighted by Crippen LogP contribution is -2.35. The molecule has 20 heavy (non-hydrogen) atoms. The van der Waals surface area contributed by atoms with Gasteiger partial charge in [0.2, 0.25) is 0 Å². The van der Waals surface area contributed by atoms with Crippen LogP contribution in [0.5, 0.6) is 0 Å². The molecule has 0 saturated heterocycles. The first-order chi connectivity index (χ1) is 9.62. The largest absolute Gasteiger partial charge is 0.390 e. The van der Waals surface area contributed by atoms with Crippen LogP contribution in [0.15, 0.2) is 17.1 Å². The summed E-state index contributed by atoms with van der Waals surface area (Å²) in [5, 5.41) is 17.1. The molecule has 0 bridgehead atoms. The molecule has 6 heteroatoms. The highest BCUT2D eigenvalue weighted by molar-refractivity contribution is 5.42. The van der Waals surface area contributed by atoms with Gasteiger partial charge in [-0.15, -0.1) is 0 Å². The second-order valence-electron chi connectivity index (χ2n) is 4.76. The number of aliphatic hydroxyl groups excluding tert-OH is 1. The number of aliphatic hydroxyl groups is 1. The number of aromatic nitrogens is 2. The van der Waals surface area contributed by atoms with Gasteiger partial charge in [-0.25, -0.2) is 4.68 Å². The van der Waals surface area contributed by atoms with Crippen LogP contribution in [0.4, 0.5) is 5.69 Å². The highest BCUT2D eigenvalue weighted by Crippen LogP contribution is 2.08. The van der Waals surface area contributed by atoms with E-state index < -0.39 is 6.10 Å². The van der Waals surface area contributed by atoms with E-state index in [2.05, 4.69) is 22.2 Å². The molecule has 1 aromatic rings. The lowest BCUT2D eigenvalue weighted by molar-refractivity contribution is 0.145. The molecular weight excluding hydrogens is 256 g/mol. The topological polar surface area (TPSA) is 70.4 Å². The Balaban J connectivity index is 2.66. The molecule has 1 rings (SSSR count). The van der Waals surface area contributed by atoms with Crippen molar-refractivity contribution >= 4 is 5.69 Å². The first kappa shape index (κ1) is 16.7. The van der Waals surface area contributed by atoms with E-state index in [1.807, 2.05) is 13.8 Å². The molecule has 1 aromatic heterocycles. The van der Waals surface area contributed by atoms with Crippen molar-refractivity contribution in [2.75, 3.05) is 31.1 Å². The van der Waals surface area contributed by atoms with Crippen molar-refractivity contribution in [2.45, 2.75) is 39.8 Å². The van der Waals surface area contributed by atoms with Gasteiger partial charge in [-0.1, -0.05) is 6.92 Å². The Bertz CT molecular complexity index is 443. The summed E-state index contributed by atoms with van der Waals surface area (Å²) in [4.78, 5) is 14.1. The third-order valence-corrected chi connectivity index (χ3v) is 3.17. The summed E-state index contributed by atoms with van der Waals surface area (Å²) in [5.74, 6) is 0. The number of hydrogen-bond acceptors (Lipinski definition) is 5. The second-order valence-corrected chi connectivity index (χ2v) is 4.76. The Labute approximate surface area is 120 Å². The number of hydrogen-bond donors (Lipinski definition) is 2. The highest BCUT2D eigenvalue weighted by atomic mass is 16.3. The molecule has 1 unspecified atom stereocenters. The smallest absolute Gasteiger partial charge is 0.268 e. The molecule has 0 aromatic carbocycles. The number of anilines is 1. The number of nitrogens with zero attached hydrogens (tertiary/aromatic N) is 3. The zero-order chi connectivity index (χ0) is 15.0. The summed E-state index contributed by atoms with van der Waals surface area (Å²) in [5.41, 5.74) is 0.652. The van der Waals surface area contributed by atoms with Crippen LogP contribution < -0.4 is 15.8 Å². The molecule has 0 amide bonds. The van der Waals surface area contributed by atoms with Crippen molar-refractivity contribution in [1.29, 1.82) is 0 Å². The molecular formula is C14H26N4O2. The molecule has 0 radical (unpaired) electrons. The molecule has 0 spiro atoms. The minimum atomic E-state index is -0.606. The van der Waals surface area contributed by atoms with Gasteiger partial charge >= 0.3 is 0 Å². The van der Waals surface area contributed by atoms with Gasteiger partial charge in [0.15, 0.2) is 0 Å². The number of rotatable bonds is 9. The van der Waals surface area contributed by atoms with Crippen molar-refractivity contribution in [1.82, 2.24) is 15.1 Å². The molecule has 0 saturated carbocycles. The van der Waals surface area contributed by atoms with E-state index in [4.69, 9.17) is 0 Å². The highest BCUT2D eigenvalue weighted by Gasteiger charge is 2.09. The molecule has 2 N–H and O–H groups in total. The summed E-state index contributed by atoms with van der Waals surface area (Å²) in [6.07, 6.45) is 2.09. The maximum atomic E-state index is 12.0. The van der Waals surface area contributed by atoms with Crippen molar-refractivity contribution in [3.63, 3.8) is 0 Å². The Morgan fingerprint density at radius 1 is 1.40 bits per heavy atom. The monoisotopic (exact) mass is 282 g/mol. The molecule has 1 atom stereocenters.